The first kappa shape index (κ1) is 11.3. The normalized spacial score (nSPS) is 18.6. The summed E-state index contributed by atoms with van der Waals surface area (Å²) < 4.78 is 2.12. The van der Waals surface area contributed by atoms with Gasteiger partial charge < -0.3 is 14.8 Å². The highest BCUT2D eigenvalue weighted by Crippen LogP contribution is 2.18. The van der Waals surface area contributed by atoms with E-state index in [1.807, 2.05) is 18.3 Å². The van der Waals surface area contributed by atoms with E-state index < -0.39 is 0 Å². The number of aromatic nitrogens is 2. The van der Waals surface area contributed by atoms with Crippen molar-refractivity contribution in [1.82, 2.24) is 9.55 Å². The molecule has 0 amide bonds. The molecule has 1 aromatic carbocycles. The van der Waals surface area contributed by atoms with Gasteiger partial charge in [0.2, 0.25) is 0 Å². The molecule has 4 nitrogen and oxygen atoms in total. The Labute approximate surface area is 106 Å². The Balaban J connectivity index is 1.82. The van der Waals surface area contributed by atoms with Gasteiger partial charge in [0.1, 0.15) is 11.6 Å². The second-order valence-electron chi connectivity index (χ2n) is 4.84. The third kappa shape index (κ3) is 2.24. The smallest absolute Gasteiger partial charge is 0.115 e. The second-order valence-corrected chi connectivity index (χ2v) is 4.84. The number of aromatic hydroxyl groups is 1. The van der Waals surface area contributed by atoms with Gasteiger partial charge in [-0.25, -0.2) is 4.98 Å². The Morgan fingerprint density at radius 2 is 2.28 bits per heavy atom. The van der Waals surface area contributed by atoms with Gasteiger partial charge in [0.25, 0.3) is 0 Å². The Morgan fingerprint density at radius 3 is 3.11 bits per heavy atom. The van der Waals surface area contributed by atoms with Crippen LogP contribution in [0, 0.1) is 0 Å². The van der Waals surface area contributed by atoms with Gasteiger partial charge in [0, 0.05) is 25.6 Å². The molecule has 3 rings (SSSR count). The van der Waals surface area contributed by atoms with E-state index >= 15 is 0 Å². The molecule has 1 aliphatic rings. The van der Waals surface area contributed by atoms with E-state index in [-0.39, 0.29) is 11.9 Å². The summed E-state index contributed by atoms with van der Waals surface area (Å²) in [6, 6.07) is 7.24. The fraction of sp³-hybridized carbons (Fsp3) is 0.357. The van der Waals surface area contributed by atoms with Crippen molar-refractivity contribution in [3.8, 4) is 5.75 Å². The van der Waals surface area contributed by atoms with Gasteiger partial charge in [-0.05, 0) is 24.1 Å². The van der Waals surface area contributed by atoms with Crippen LogP contribution in [0.3, 0.4) is 0 Å². The largest absolute Gasteiger partial charge is 0.508 e. The van der Waals surface area contributed by atoms with Crippen molar-refractivity contribution in [1.29, 1.82) is 0 Å². The van der Waals surface area contributed by atoms with E-state index in [4.69, 9.17) is 0 Å². The molecule has 94 valence electrons. The molecule has 0 saturated heterocycles. The summed E-state index contributed by atoms with van der Waals surface area (Å²) in [4.78, 5) is 4.55. The zero-order valence-electron chi connectivity index (χ0n) is 10.1. The number of hydrogen-bond acceptors (Lipinski definition) is 3. The van der Waals surface area contributed by atoms with E-state index in [0.717, 1.165) is 30.0 Å². The lowest BCUT2D eigenvalue weighted by Crippen LogP contribution is -2.22. The molecule has 1 atom stereocenters. The molecule has 2 N–H and O–H groups in total. The minimum atomic E-state index is -0.256. The summed E-state index contributed by atoms with van der Waals surface area (Å²) in [5.41, 5.74) is 2.04. The molecule has 0 aliphatic carbocycles. The maximum absolute atomic E-state index is 9.60. The molecule has 18 heavy (non-hydrogen) atoms. The zero-order chi connectivity index (χ0) is 12.5. The van der Waals surface area contributed by atoms with Gasteiger partial charge in [0.15, 0.2) is 0 Å². The Morgan fingerprint density at radius 1 is 1.39 bits per heavy atom. The number of imidazole rings is 1. The van der Waals surface area contributed by atoms with Crippen molar-refractivity contribution in [3.05, 3.63) is 47.5 Å². The summed E-state index contributed by atoms with van der Waals surface area (Å²) in [5, 5.41) is 19.0. The molecule has 1 aromatic heterocycles. The van der Waals surface area contributed by atoms with Gasteiger partial charge in [-0.1, -0.05) is 12.1 Å². The van der Waals surface area contributed by atoms with Gasteiger partial charge in [-0.2, -0.15) is 0 Å². The van der Waals surface area contributed by atoms with Crippen LogP contribution in [0.5, 0.6) is 5.75 Å². The number of hydrogen-bond donors (Lipinski definition) is 2. The molecule has 4 heteroatoms. The predicted molar refractivity (Wildman–Crippen MR) is 67.5 cm³/mol. The zero-order valence-corrected chi connectivity index (χ0v) is 10.1. The van der Waals surface area contributed by atoms with E-state index in [9.17, 15) is 10.2 Å². The van der Waals surface area contributed by atoms with Crippen LogP contribution in [0.1, 0.15) is 23.5 Å². The standard InChI is InChI=1S/C14H16N2O2/c17-12-3-1-2-10(7-12)6-11-9-16-5-4-13(18)8-14(16)15-11/h1-3,7,9,13,17-18H,4-6,8H2. The Bertz CT molecular complexity index is 563. The first-order valence-electron chi connectivity index (χ1n) is 6.21. The summed E-state index contributed by atoms with van der Waals surface area (Å²) >= 11 is 0. The monoisotopic (exact) mass is 244 g/mol. The van der Waals surface area contributed by atoms with Crippen molar-refractivity contribution in [3.63, 3.8) is 0 Å². The highest BCUT2D eigenvalue weighted by atomic mass is 16.3. The highest BCUT2D eigenvalue weighted by Gasteiger charge is 2.18. The molecule has 0 radical (unpaired) electrons. The van der Waals surface area contributed by atoms with Crippen molar-refractivity contribution in [2.45, 2.75) is 31.9 Å². The maximum Gasteiger partial charge on any atom is 0.115 e. The van der Waals surface area contributed by atoms with Gasteiger partial charge in [0.05, 0.1) is 11.8 Å². The van der Waals surface area contributed by atoms with E-state index in [1.165, 1.54) is 0 Å². The quantitative estimate of drug-likeness (QED) is 0.841. The molecule has 0 saturated carbocycles. The summed E-state index contributed by atoms with van der Waals surface area (Å²) in [6.07, 6.45) is 3.94. The first-order valence-corrected chi connectivity index (χ1v) is 6.21. The Kier molecular flexibility index (Phi) is 2.80. The van der Waals surface area contributed by atoms with Crippen LogP contribution in [-0.2, 0) is 19.4 Å². The first-order chi connectivity index (χ1) is 8.70. The lowest BCUT2D eigenvalue weighted by Gasteiger charge is -2.18. The lowest BCUT2D eigenvalue weighted by atomic mass is 10.1. The van der Waals surface area contributed by atoms with Crippen LogP contribution >= 0.6 is 0 Å². The molecular formula is C14H16N2O2. The van der Waals surface area contributed by atoms with Crippen LogP contribution < -0.4 is 0 Å². The average Bonchev–Trinajstić information content (AvgIpc) is 2.70. The summed E-state index contributed by atoms with van der Waals surface area (Å²) in [5.74, 6) is 1.25. The maximum atomic E-state index is 9.60. The predicted octanol–water partition coefficient (Wildman–Crippen LogP) is 1.49. The summed E-state index contributed by atoms with van der Waals surface area (Å²) in [6.45, 7) is 0.837. The summed E-state index contributed by atoms with van der Waals surface area (Å²) in [7, 11) is 0. The number of aliphatic hydroxyl groups excluding tert-OH is 1. The molecular weight excluding hydrogens is 228 g/mol. The van der Waals surface area contributed by atoms with Gasteiger partial charge in [-0.15, -0.1) is 0 Å². The minimum absolute atomic E-state index is 0.256. The minimum Gasteiger partial charge on any atom is -0.508 e. The molecule has 0 fully saturated rings. The van der Waals surface area contributed by atoms with Gasteiger partial charge >= 0.3 is 0 Å². The molecule has 2 heterocycles. The van der Waals surface area contributed by atoms with Crippen LogP contribution in [-0.4, -0.2) is 25.9 Å². The van der Waals surface area contributed by atoms with Crippen LogP contribution in [0.2, 0.25) is 0 Å². The number of rotatable bonds is 2. The molecule has 1 aliphatic heterocycles. The van der Waals surface area contributed by atoms with E-state index in [1.54, 1.807) is 12.1 Å². The fourth-order valence-electron chi connectivity index (χ4n) is 2.43. The van der Waals surface area contributed by atoms with Crippen molar-refractivity contribution in [2.24, 2.45) is 0 Å². The van der Waals surface area contributed by atoms with E-state index in [2.05, 4.69) is 9.55 Å². The Hall–Kier alpha value is -1.81. The molecule has 0 spiro atoms. The van der Waals surface area contributed by atoms with Crippen LogP contribution in [0.25, 0.3) is 0 Å². The van der Waals surface area contributed by atoms with Crippen LogP contribution in [0.15, 0.2) is 30.5 Å². The number of phenolic OH excluding ortho intramolecular Hbond substituents is 1. The van der Waals surface area contributed by atoms with Gasteiger partial charge in [-0.3, -0.25) is 0 Å². The third-order valence-corrected chi connectivity index (χ3v) is 3.33. The van der Waals surface area contributed by atoms with Crippen molar-refractivity contribution >= 4 is 0 Å². The highest BCUT2D eigenvalue weighted by molar-refractivity contribution is 5.30. The SMILES string of the molecule is Oc1cccc(Cc2cn3c(n2)CC(O)CC3)c1. The number of benzene rings is 1. The number of aliphatic hydroxyl groups is 1. The number of aryl methyl sites for hydroxylation is 1. The molecule has 0 bridgehead atoms. The molecule has 2 aromatic rings. The van der Waals surface area contributed by atoms with E-state index in [0.29, 0.717) is 12.8 Å². The number of phenols is 1. The molecule has 1 unspecified atom stereocenters. The number of nitrogens with zero attached hydrogens (tertiary/aromatic N) is 2. The average molecular weight is 244 g/mol. The number of fused-ring (bicyclic) bond motifs is 1. The topological polar surface area (TPSA) is 58.3 Å². The van der Waals surface area contributed by atoms with Crippen LogP contribution in [0.4, 0.5) is 0 Å². The lowest BCUT2D eigenvalue weighted by molar-refractivity contribution is 0.141. The second kappa shape index (κ2) is 4.46. The third-order valence-electron chi connectivity index (χ3n) is 3.33. The van der Waals surface area contributed by atoms with Crippen molar-refractivity contribution in [2.75, 3.05) is 0 Å². The van der Waals surface area contributed by atoms with Crippen molar-refractivity contribution < 1.29 is 10.2 Å². The fourth-order valence-corrected chi connectivity index (χ4v) is 2.43.